The zero-order valence-corrected chi connectivity index (χ0v) is 20.9. The van der Waals surface area contributed by atoms with Crippen molar-refractivity contribution in [1.82, 2.24) is 15.5 Å². The molecule has 3 unspecified atom stereocenters. The summed E-state index contributed by atoms with van der Waals surface area (Å²) in [7, 11) is 0. The standard InChI is InChI=1S/C25H37N3O5/c1-10-16(5)20(27-24(32)33-25(7,8)9)23(31)28(11-2)21(22(30)26-15(3)4)18-12-13-19(29)17(6)14-18/h2,12-16,20-21,29H,10H2,1,3-9H3,(H,26,30)(H,27,32). The van der Waals surface area contributed by atoms with Gasteiger partial charge in [-0.05, 0) is 70.7 Å². The van der Waals surface area contributed by atoms with Gasteiger partial charge in [-0.2, -0.15) is 0 Å². The van der Waals surface area contributed by atoms with Gasteiger partial charge in [0.25, 0.3) is 5.91 Å². The molecule has 0 saturated heterocycles. The second kappa shape index (κ2) is 11.6. The summed E-state index contributed by atoms with van der Waals surface area (Å²) in [6.07, 6.45) is 5.57. The van der Waals surface area contributed by atoms with Gasteiger partial charge in [-0.25, -0.2) is 4.79 Å². The Balaban J connectivity index is 3.44. The Morgan fingerprint density at radius 1 is 1.18 bits per heavy atom. The van der Waals surface area contributed by atoms with E-state index in [0.717, 1.165) is 4.90 Å². The molecule has 182 valence electrons. The van der Waals surface area contributed by atoms with Crippen molar-refractivity contribution in [1.29, 1.82) is 0 Å². The molecule has 1 aromatic rings. The number of phenols is 1. The third-order valence-electron chi connectivity index (χ3n) is 5.00. The number of aryl methyl sites for hydroxylation is 1. The Hall–Kier alpha value is -3.21. The number of hydrogen-bond acceptors (Lipinski definition) is 5. The molecule has 0 aliphatic heterocycles. The molecular formula is C25H37N3O5. The average molecular weight is 460 g/mol. The molecular weight excluding hydrogens is 422 g/mol. The monoisotopic (exact) mass is 459 g/mol. The molecule has 8 heteroatoms. The van der Waals surface area contributed by atoms with Gasteiger partial charge in [0, 0.05) is 12.1 Å². The van der Waals surface area contributed by atoms with Crippen molar-refractivity contribution >= 4 is 17.9 Å². The number of nitrogens with zero attached hydrogens (tertiary/aromatic N) is 1. The lowest BCUT2D eigenvalue weighted by Gasteiger charge is -2.32. The van der Waals surface area contributed by atoms with Gasteiger partial charge in [-0.3, -0.25) is 14.5 Å². The fourth-order valence-electron chi connectivity index (χ4n) is 3.16. The summed E-state index contributed by atoms with van der Waals surface area (Å²) >= 11 is 0. The molecule has 3 atom stereocenters. The first kappa shape index (κ1) is 27.8. The number of carbonyl (C=O) groups is 3. The zero-order valence-electron chi connectivity index (χ0n) is 20.9. The smallest absolute Gasteiger partial charge is 0.408 e. The minimum absolute atomic E-state index is 0.0597. The fraction of sp³-hybridized carbons (Fsp3) is 0.560. The predicted molar refractivity (Wildman–Crippen MR) is 127 cm³/mol. The summed E-state index contributed by atoms with van der Waals surface area (Å²) in [6.45, 7) is 14.1. The molecule has 1 rings (SSSR count). The van der Waals surface area contributed by atoms with Crippen LogP contribution < -0.4 is 10.6 Å². The van der Waals surface area contributed by atoms with E-state index in [9.17, 15) is 19.5 Å². The van der Waals surface area contributed by atoms with Gasteiger partial charge in [0.2, 0.25) is 5.91 Å². The Morgan fingerprint density at radius 2 is 1.79 bits per heavy atom. The van der Waals surface area contributed by atoms with Gasteiger partial charge in [0.05, 0.1) is 0 Å². The SMILES string of the molecule is C#CN(C(=O)C(NC(=O)OC(C)(C)C)C(C)CC)C(C(=O)NC(C)C)c1ccc(O)c(C)c1. The second-order valence-corrected chi connectivity index (χ2v) is 9.46. The zero-order chi connectivity index (χ0) is 25.5. The summed E-state index contributed by atoms with van der Waals surface area (Å²) in [5.74, 6) is -1.30. The average Bonchev–Trinajstić information content (AvgIpc) is 2.69. The molecule has 3 amide bonds. The van der Waals surface area contributed by atoms with Crippen LogP contribution in [0.15, 0.2) is 18.2 Å². The summed E-state index contributed by atoms with van der Waals surface area (Å²) < 4.78 is 5.32. The highest BCUT2D eigenvalue weighted by atomic mass is 16.6. The highest BCUT2D eigenvalue weighted by Gasteiger charge is 2.38. The Bertz CT molecular complexity index is 898. The number of aromatic hydroxyl groups is 1. The summed E-state index contributed by atoms with van der Waals surface area (Å²) in [4.78, 5) is 40.2. The molecule has 0 saturated carbocycles. The van der Waals surface area contributed by atoms with Crippen molar-refractivity contribution < 1.29 is 24.2 Å². The number of terminal acetylenes is 1. The lowest BCUT2D eigenvalue weighted by atomic mass is 9.95. The molecule has 3 N–H and O–H groups in total. The highest BCUT2D eigenvalue weighted by molar-refractivity contribution is 5.93. The minimum atomic E-state index is -1.16. The Morgan fingerprint density at radius 3 is 2.24 bits per heavy atom. The maximum absolute atomic E-state index is 13.6. The second-order valence-electron chi connectivity index (χ2n) is 9.46. The van der Waals surface area contributed by atoms with Crippen molar-refractivity contribution in [3.63, 3.8) is 0 Å². The molecule has 0 fully saturated rings. The number of amides is 3. The molecule has 1 aromatic carbocycles. The van der Waals surface area contributed by atoms with Crippen molar-refractivity contribution in [3.8, 4) is 18.2 Å². The van der Waals surface area contributed by atoms with E-state index in [1.165, 1.54) is 6.07 Å². The van der Waals surface area contributed by atoms with Crippen LogP contribution in [0, 0.1) is 25.3 Å². The maximum Gasteiger partial charge on any atom is 0.408 e. The van der Waals surface area contributed by atoms with Crippen molar-refractivity contribution in [2.45, 2.75) is 85.5 Å². The van der Waals surface area contributed by atoms with Crippen LogP contribution in [0.1, 0.15) is 72.1 Å². The third kappa shape index (κ3) is 8.01. The van der Waals surface area contributed by atoms with Crippen LogP contribution in [0.5, 0.6) is 5.75 Å². The first-order valence-electron chi connectivity index (χ1n) is 11.1. The largest absolute Gasteiger partial charge is 0.508 e. The summed E-state index contributed by atoms with van der Waals surface area (Å²) in [5.41, 5.74) is 0.224. The van der Waals surface area contributed by atoms with Gasteiger partial charge in [0.1, 0.15) is 23.4 Å². The van der Waals surface area contributed by atoms with Gasteiger partial charge < -0.3 is 20.5 Å². The molecule has 8 nitrogen and oxygen atoms in total. The van der Waals surface area contributed by atoms with E-state index in [1.807, 2.05) is 13.8 Å². The van der Waals surface area contributed by atoms with Crippen LogP contribution in [0.2, 0.25) is 0 Å². The van der Waals surface area contributed by atoms with E-state index >= 15 is 0 Å². The normalized spacial score (nSPS) is 13.9. The predicted octanol–water partition coefficient (Wildman–Crippen LogP) is 3.63. The number of hydrogen-bond donors (Lipinski definition) is 3. The first-order valence-corrected chi connectivity index (χ1v) is 11.1. The number of nitrogens with one attached hydrogen (secondary N) is 2. The minimum Gasteiger partial charge on any atom is -0.508 e. The number of benzene rings is 1. The van der Waals surface area contributed by atoms with E-state index in [-0.39, 0.29) is 17.7 Å². The number of rotatable bonds is 8. The van der Waals surface area contributed by atoms with Crippen molar-refractivity contribution in [2.24, 2.45) is 5.92 Å². The highest BCUT2D eigenvalue weighted by Crippen LogP contribution is 2.27. The molecule has 0 radical (unpaired) electrons. The maximum atomic E-state index is 13.6. The van der Waals surface area contributed by atoms with Gasteiger partial charge in [-0.15, -0.1) is 0 Å². The molecule has 0 aliphatic carbocycles. The van der Waals surface area contributed by atoms with Crippen LogP contribution in [-0.2, 0) is 14.3 Å². The number of ether oxygens (including phenoxy) is 1. The molecule has 33 heavy (non-hydrogen) atoms. The van der Waals surface area contributed by atoms with Crippen LogP contribution >= 0.6 is 0 Å². The van der Waals surface area contributed by atoms with Gasteiger partial charge >= 0.3 is 6.09 Å². The van der Waals surface area contributed by atoms with Crippen LogP contribution in [-0.4, -0.2) is 45.6 Å². The number of phenolic OH excluding ortho intramolecular Hbond substituents is 1. The van der Waals surface area contributed by atoms with Crippen molar-refractivity contribution in [3.05, 3.63) is 29.3 Å². The van der Waals surface area contributed by atoms with E-state index in [0.29, 0.717) is 17.5 Å². The van der Waals surface area contributed by atoms with Crippen molar-refractivity contribution in [2.75, 3.05) is 0 Å². The van der Waals surface area contributed by atoms with Crippen LogP contribution in [0.25, 0.3) is 0 Å². The van der Waals surface area contributed by atoms with Gasteiger partial charge in [0.15, 0.2) is 0 Å². The summed E-state index contributed by atoms with van der Waals surface area (Å²) in [5, 5.41) is 15.3. The van der Waals surface area contributed by atoms with E-state index in [1.54, 1.807) is 53.7 Å². The molecule has 0 aliphatic rings. The molecule has 0 aromatic heterocycles. The van der Waals surface area contributed by atoms with E-state index in [4.69, 9.17) is 11.2 Å². The summed E-state index contributed by atoms with van der Waals surface area (Å²) in [6, 6.07) is 4.58. The van der Waals surface area contributed by atoms with Gasteiger partial charge in [-0.1, -0.05) is 32.8 Å². The number of alkyl carbamates (subject to hydrolysis) is 1. The van der Waals surface area contributed by atoms with Crippen LogP contribution in [0.4, 0.5) is 4.79 Å². The molecule has 0 bridgehead atoms. The first-order chi connectivity index (χ1) is 15.2. The number of carbonyl (C=O) groups excluding carboxylic acids is 3. The molecule has 0 spiro atoms. The lowest BCUT2D eigenvalue weighted by Crippen LogP contribution is -2.54. The Kier molecular flexibility index (Phi) is 9.78. The third-order valence-corrected chi connectivity index (χ3v) is 5.00. The molecule has 0 heterocycles. The lowest BCUT2D eigenvalue weighted by molar-refractivity contribution is -0.139. The van der Waals surface area contributed by atoms with E-state index in [2.05, 4.69) is 16.7 Å². The van der Waals surface area contributed by atoms with E-state index < -0.39 is 35.6 Å². The quantitative estimate of drug-likeness (QED) is 0.406. The Labute approximate surface area is 197 Å². The topological polar surface area (TPSA) is 108 Å². The van der Waals surface area contributed by atoms with Crippen LogP contribution in [0.3, 0.4) is 0 Å². The fourth-order valence-corrected chi connectivity index (χ4v) is 3.16.